The minimum Gasteiger partial charge on any atom is -0.352 e. The number of rotatable bonds is 2. The largest absolute Gasteiger partial charge is 0.352 e. The summed E-state index contributed by atoms with van der Waals surface area (Å²) in [5.74, 6) is 1.75. The van der Waals surface area contributed by atoms with E-state index in [0.29, 0.717) is 23.9 Å². The van der Waals surface area contributed by atoms with E-state index in [-0.39, 0.29) is 11.8 Å². The minimum atomic E-state index is 0.211. The lowest BCUT2D eigenvalue weighted by atomic mass is 9.92. The zero-order valence-electron chi connectivity index (χ0n) is 11.9. The number of benzene rings is 1. The molecule has 2 aliphatic carbocycles. The van der Waals surface area contributed by atoms with Gasteiger partial charge in [0.2, 0.25) is 5.91 Å². The average Bonchev–Trinajstić information content (AvgIpc) is 2.96. The summed E-state index contributed by atoms with van der Waals surface area (Å²) >= 11 is 0. The Kier molecular flexibility index (Phi) is 2.84. The fourth-order valence-electron chi connectivity index (χ4n) is 4.20. The fourth-order valence-corrected chi connectivity index (χ4v) is 4.20. The van der Waals surface area contributed by atoms with Crippen LogP contribution in [0.3, 0.4) is 0 Å². The van der Waals surface area contributed by atoms with Crippen molar-refractivity contribution >= 4 is 5.91 Å². The molecule has 1 saturated heterocycles. The van der Waals surface area contributed by atoms with E-state index in [2.05, 4.69) is 41.8 Å². The van der Waals surface area contributed by atoms with Gasteiger partial charge in [-0.05, 0) is 49.8 Å². The van der Waals surface area contributed by atoms with E-state index in [4.69, 9.17) is 0 Å². The van der Waals surface area contributed by atoms with E-state index in [1.807, 2.05) is 0 Å². The smallest absolute Gasteiger partial charge is 0.223 e. The second kappa shape index (κ2) is 4.59. The van der Waals surface area contributed by atoms with Gasteiger partial charge in [-0.15, -0.1) is 0 Å². The maximum absolute atomic E-state index is 12.4. The summed E-state index contributed by atoms with van der Waals surface area (Å²) in [7, 11) is 0. The van der Waals surface area contributed by atoms with Gasteiger partial charge in [0.1, 0.15) is 0 Å². The Morgan fingerprint density at radius 2 is 2.20 bits per heavy atom. The van der Waals surface area contributed by atoms with Gasteiger partial charge in [-0.3, -0.25) is 4.79 Å². The molecule has 3 nitrogen and oxygen atoms in total. The number of amides is 1. The van der Waals surface area contributed by atoms with E-state index < -0.39 is 0 Å². The van der Waals surface area contributed by atoms with Gasteiger partial charge in [0.25, 0.3) is 0 Å². The Bertz CT molecular complexity index is 542. The van der Waals surface area contributed by atoms with Crippen molar-refractivity contribution in [3.8, 4) is 0 Å². The van der Waals surface area contributed by atoms with Gasteiger partial charge in [-0.25, -0.2) is 0 Å². The van der Waals surface area contributed by atoms with Gasteiger partial charge < -0.3 is 10.6 Å². The number of piperidine rings is 1. The van der Waals surface area contributed by atoms with Gasteiger partial charge in [-0.1, -0.05) is 24.3 Å². The third-order valence-corrected chi connectivity index (χ3v) is 5.34. The fraction of sp³-hybridized carbons (Fsp3) is 0.588. The molecule has 3 aliphatic rings. The first-order valence-electron chi connectivity index (χ1n) is 7.85. The van der Waals surface area contributed by atoms with Crippen LogP contribution in [-0.4, -0.2) is 24.5 Å². The number of fused-ring (bicyclic) bond motifs is 3. The van der Waals surface area contributed by atoms with Crippen LogP contribution < -0.4 is 10.6 Å². The van der Waals surface area contributed by atoms with Crippen LogP contribution in [0.4, 0.5) is 0 Å². The van der Waals surface area contributed by atoms with Gasteiger partial charge in [0.05, 0.1) is 0 Å². The quantitative estimate of drug-likeness (QED) is 0.861. The Morgan fingerprint density at radius 1 is 1.35 bits per heavy atom. The molecule has 0 bridgehead atoms. The minimum absolute atomic E-state index is 0.211. The second-order valence-corrected chi connectivity index (χ2v) is 6.70. The van der Waals surface area contributed by atoms with Crippen molar-refractivity contribution in [3.63, 3.8) is 0 Å². The van der Waals surface area contributed by atoms with Crippen LogP contribution in [0.2, 0.25) is 0 Å². The van der Waals surface area contributed by atoms with Crippen LogP contribution in [-0.2, 0) is 11.2 Å². The Balaban J connectivity index is 1.39. The zero-order chi connectivity index (χ0) is 13.7. The van der Waals surface area contributed by atoms with E-state index in [0.717, 1.165) is 25.8 Å². The van der Waals surface area contributed by atoms with Gasteiger partial charge in [0.15, 0.2) is 0 Å². The first-order chi connectivity index (χ1) is 9.74. The molecule has 1 aliphatic heterocycles. The summed E-state index contributed by atoms with van der Waals surface area (Å²) in [6.07, 6.45) is 3.10. The van der Waals surface area contributed by atoms with E-state index in [9.17, 15) is 4.79 Å². The molecule has 1 saturated carbocycles. The molecule has 4 rings (SSSR count). The lowest BCUT2D eigenvalue weighted by Crippen LogP contribution is -2.43. The SMILES string of the molecule is C[C@H]1C[C@@H](C(=O)NC2C3Cc4ccccc4C32)CCN1. The average molecular weight is 270 g/mol. The predicted molar refractivity (Wildman–Crippen MR) is 78.5 cm³/mol. The van der Waals surface area contributed by atoms with Crippen molar-refractivity contribution in [2.75, 3.05) is 6.54 Å². The Labute approximate surface area is 120 Å². The molecule has 1 amide bonds. The van der Waals surface area contributed by atoms with E-state index in [1.54, 1.807) is 0 Å². The number of hydrogen-bond acceptors (Lipinski definition) is 2. The van der Waals surface area contributed by atoms with Crippen molar-refractivity contribution in [3.05, 3.63) is 35.4 Å². The van der Waals surface area contributed by atoms with Crippen molar-refractivity contribution < 1.29 is 4.79 Å². The maximum Gasteiger partial charge on any atom is 0.223 e. The summed E-state index contributed by atoms with van der Waals surface area (Å²) in [5, 5.41) is 6.73. The molecule has 0 spiro atoms. The highest BCUT2D eigenvalue weighted by molar-refractivity contribution is 5.80. The van der Waals surface area contributed by atoms with Gasteiger partial charge in [0, 0.05) is 23.9 Å². The monoisotopic (exact) mass is 270 g/mol. The van der Waals surface area contributed by atoms with Crippen molar-refractivity contribution in [2.24, 2.45) is 11.8 Å². The maximum atomic E-state index is 12.4. The van der Waals surface area contributed by atoms with Crippen LogP contribution >= 0.6 is 0 Å². The van der Waals surface area contributed by atoms with E-state index in [1.165, 1.54) is 11.1 Å². The summed E-state index contributed by atoms with van der Waals surface area (Å²) < 4.78 is 0. The number of hydrogen-bond donors (Lipinski definition) is 2. The molecule has 2 N–H and O–H groups in total. The van der Waals surface area contributed by atoms with Crippen LogP contribution in [0.15, 0.2) is 24.3 Å². The third-order valence-electron chi connectivity index (χ3n) is 5.34. The van der Waals surface area contributed by atoms with Gasteiger partial charge >= 0.3 is 0 Å². The molecule has 1 heterocycles. The van der Waals surface area contributed by atoms with Crippen molar-refractivity contribution in [1.29, 1.82) is 0 Å². The molecule has 2 fully saturated rings. The molecular formula is C17H22N2O. The van der Waals surface area contributed by atoms with Crippen LogP contribution in [0.1, 0.15) is 36.8 Å². The number of carbonyl (C=O) groups is 1. The molecule has 3 unspecified atom stereocenters. The Hall–Kier alpha value is -1.35. The highest BCUT2D eigenvalue weighted by Gasteiger charge is 2.56. The normalized spacial score (nSPS) is 38.0. The highest BCUT2D eigenvalue weighted by Crippen LogP contribution is 2.56. The Morgan fingerprint density at radius 3 is 3.05 bits per heavy atom. The molecule has 20 heavy (non-hydrogen) atoms. The summed E-state index contributed by atoms with van der Waals surface area (Å²) in [4.78, 5) is 12.4. The lowest BCUT2D eigenvalue weighted by Gasteiger charge is -2.27. The molecule has 3 heteroatoms. The first kappa shape index (κ1) is 12.4. The molecule has 1 aromatic rings. The molecule has 0 aromatic heterocycles. The number of nitrogens with one attached hydrogen (secondary N) is 2. The zero-order valence-corrected chi connectivity index (χ0v) is 11.9. The third kappa shape index (κ3) is 1.96. The molecule has 106 valence electrons. The molecular weight excluding hydrogens is 248 g/mol. The summed E-state index contributed by atoms with van der Waals surface area (Å²) in [6, 6.07) is 9.58. The lowest BCUT2D eigenvalue weighted by molar-refractivity contribution is -0.126. The summed E-state index contributed by atoms with van der Waals surface area (Å²) in [5.41, 5.74) is 2.96. The molecule has 0 radical (unpaired) electrons. The van der Waals surface area contributed by atoms with Crippen LogP contribution in [0.25, 0.3) is 0 Å². The first-order valence-corrected chi connectivity index (χ1v) is 7.85. The standard InChI is InChI=1S/C17H22N2O/c1-10-8-12(6-7-18-10)17(20)19-16-14-9-11-4-2-3-5-13(11)15(14)16/h2-5,10,12,14-16,18H,6-9H2,1H3,(H,19,20)/t10-,12-,14?,15?,16?/m0/s1. The topological polar surface area (TPSA) is 41.1 Å². The van der Waals surface area contributed by atoms with Crippen LogP contribution in [0, 0.1) is 11.8 Å². The van der Waals surface area contributed by atoms with Gasteiger partial charge in [-0.2, -0.15) is 0 Å². The highest BCUT2D eigenvalue weighted by atomic mass is 16.2. The van der Waals surface area contributed by atoms with E-state index >= 15 is 0 Å². The molecule has 1 aromatic carbocycles. The van der Waals surface area contributed by atoms with Crippen LogP contribution in [0.5, 0.6) is 0 Å². The van der Waals surface area contributed by atoms with Crippen molar-refractivity contribution in [2.45, 2.75) is 44.2 Å². The number of carbonyl (C=O) groups excluding carboxylic acids is 1. The summed E-state index contributed by atoms with van der Waals surface area (Å²) in [6.45, 7) is 3.14. The predicted octanol–water partition coefficient (Wildman–Crippen LogP) is 1.83. The van der Waals surface area contributed by atoms with Crippen molar-refractivity contribution in [1.82, 2.24) is 10.6 Å². The molecule has 5 atom stereocenters. The second-order valence-electron chi connectivity index (χ2n) is 6.70.